The van der Waals surface area contributed by atoms with Crippen LogP contribution in [0.15, 0.2) is 0 Å². The topological polar surface area (TPSA) is 137 Å². The summed E-state index contributed by atoms with van der Waals surface area (Å²) in [5.74, 6) is -3.28. The van der Waals surface area contributed by atoms with Crippen molar-refractivity contribution in [2.24, 2.45) is 5.92 Å². The fourth-order valence-corrected chi connectivity index (χ4v) is 1.38. The smallest absolute Gasteiger partial charge is 0.854 e. The minimum absolute atomic E-state index is 0. The molecule has 0 aliphatic rings. The third kappa shape index (κ3) is 29.2. The number of unbranched alkanes of at least 4 members (excludes halogenated alkanes) is 1. The molecule has 0 aliphatic heterocycles. The van der Waals surface area contributed by atoms with E-state index in [9.17, 15) is 34.5 Å². The van der Waals surface area contributed by atoms with Gasteiger partial charge in [-0.15, -0.1) is 6.61 Å². The Hall–Kier alpha value is -0.877. The van der Waals surface area contributed by atoms with Gasteiger partial charge in [-0.25, -0.2) is 0 Å². The number of hydrogen-bond acceptors (Lipinski definition) is 7. The molecule has 0 saturated heterocycles. The zero-order valence-corrected chi connectivity index (χ0v) is 17.3. The number of aliphatic carboxylic acids is 2. The molecule has 0 heterocycles. The van der Waals surface area contributed by atoms with Crippen LogP contribution in [-0.2, 0) is 45.4 Å². The molecule has 0 bridgehead atoms. The summed E-state index contributed by atoms with van der Waals surface area (Å²) >= 11 is 0. The Labute approximate surface area is 163 Å². The van der Waals surface area contributed by atoms with Gasteiger partial charge in [0.25, 0.3) is 0 Å². The van der Waals surface area contributed by atoms with Gasteiger partial charge in [-0.1, -0.05) is 33.6 Å². The number of Topliss-reactive ketones (excluding diaryl/α,β-unsaturated/α-hetero) is 2. The molecule has 0 fully saturated rings. The van der Waals surface area contributed by atoms with E-state index in [4.69, 9.17) is 0 Å². The Bertz CT molecular complexity index is 338. The summed E-state index contributed by atoms with van der Waals surface area (Å²) in [4.78, 5) is 40.3. The van der Waals surface area contributed by atoms with Crippen molar-refractivity contribution in [3.05, 3.63) is 0 Å². The predicted octanol–water partition coefficient (Wildman–Crippen LogP) is -1.01. The summed E-state index contributed by atoms with van der Waals surface area (Å²) in [5, 5.41) is 29.0. The fourth-order valence-electron chi connectivity index (χ4n) is 1.38. The molecule has 0 N–H and O–H groups in total. The molecule has 24 heavy (non-hydrogen) atoms. The Morgan fingerprint density at radius 3 is 1.42 bits per heavy atom. The molecule has 0 atom stereocenters. The molecule has 0 aromatic rings. The van der Waals surface area contributed by atoms with Crippen LogP contribution in [0.1, 0.15) is 66.2 Å². The third-order valence-electron chi connectivity index (χ3n) is 2.65. The van der Waals surface area contributed by atoms with Gasteiger partial charge in [-0.2, -0.15) is 0 Å². The van der Waals surface area contributed by atoms with E-state index in [1.807, 2.05) is 20.8 Å². The van der Waals surface area contributed by atoms with Crippen LogP contribution in [0.4, 0.5) is 0 Å². The van der Waals surface area contributed by atoms with E-state index in [1.165, 1.54) is 6.92 Å². The zero-order valence-electron chi connectivity index (χ0n) is 14.9. The van der Waals surface area contributed by atoms with Gasteiger partial charge in [-0.05, 0) is 19.8 Å². The molecular weight excluding hydrogens is 395 g/mol. The number of rotatable bonds is 9. The molecular formula is C16H27O7Zr. The van der Waals surface area contributed by atoms with Crippen LogP contribution in [0.2, 0.25) is 0 Å². The number of carbonyl (C=O) groups is 4. The Kier molecular flexibility index (Phi) is 28.5. The second-order valence-electron chi connectivity index (χ2n) is 4.84. The van der Waals surface area contributed by atoms with Gasteiger partial charge >= 0.3 is 26.2 Å². The van der Waals surface area contributed by atoms with Crippen molar-refractivity contribution in [2.45, 2.75) is 66.2 Å². The van der Waals surface area contributed by atoms with E-state index in [-0.39, 0.29) is 50.3 Å². The van der Waals surface area contributed by atoms with Crippen LogP contribution in [-0.4, -0.2) is 30.1 Å². The summed E-state index contributed by atoms with van der Waals surface area (Å²) in [7, 11) is 0. The van der Waals surface area contributed by atoms with Gasteiger partial charge in [0.2, 0.25) is 0 Å². The second kappa shape index (κ2) is 22.1. The maximum atomic E-state index is 11.0. The minimum Gasteiger partial charge on any atom is -0.854 e. The molecule has 0 unspecified atom stereocenters. The number of carbonyl (C=O) groups excluding carboxylic acids is 4. The van der Waals surface area contributed by atoms with Gasteiger partial charge in [0.05, 0.1) is 0 Å². The van der Waals surface area contributed by atoms with Crippen molar-refractivity contribution in [1.29, 1.82) is 0 Å². The quantitative estimate of drug-likeness (QED) is 0.434. The molecule has 137 valence electrons. The van der Waals surface area contributed by atoms with Crippen molar-refractivity contribution < 1.29 is 60.7 Å². The van der Waals surface area contributed by atoms with Crippen molar-refractivity contribution in [3.8, 4) is 0 Å². The largest absolute Gasteiger partial charge is 3.00 e. The monoisotopic (exact) mass is 421 g/mol. The van der Waals surface area contributed by atoms with Crippen LogP contribution < -0.4 is 15.3 Å². The Morgan fingerprint density at radius 2 is 1.29 bits per heavy atom. The average Bonchev–Trinajstić information content (AvgIpc) is 2.40. The van der Waals surface area contributed by atoms with Crippen molar-refractivity contribution in [1.82, 2.24) is 0 Å². The van der Waals surface area contributed by atoms with Crippen molar-refractivity contribution >= 4 is 23.5 Å². The van der Waals surface area contributed by atoms with Gasteiger partial charge < -0.3 is 24.9 Å². The molecule has 0 rings (SSSR count). The van der Waals surface area contributed by atoms with Crippen molar-refractivity contribution in [3.63, 3.8) is 0 Å². The first-order valence-electron chi connectivity index (χ1n) is 7.65. The minimum atomic E-state index is -1.31. The average molecular weight is 423 g/mol. The predicted molar refractivity (Wildman–Crippen MR) is 78.8 cm³/mol. The summed E-state index contributed by atoms with van der Waals surface area (Å²) in [6.07, 6.45) is 2.38. The third-order valence-corrected chi connectivity index (χ3v) is 2.65. The van der Waals surface area contributed by atoms with E-state index in [0.29, 0.717) is 12.8 Å². The first kappa shape index (κ1) is 30.9. The molecule has 8 heteroatoms. The Morgan fingerprint density at radius 1 is 0.875 bits per heavy atom. The summed E-state index contributed by atoms with van der Waals surface area (Å²) in [5.41, 5.74) is 0. The van der Waals surface area contributed by atoms with Gasteiger partial charge in [-0.3, -0.25) is 9.59 Å². The van der Waals surface area contributed by atoms with Gasteiger partial charge in [0.15, 0.2) is 0 Å². The maximum Gasteiger partial charge on any atom is 3.00 e. The molecule has 0 aliphatic carbocycles. The maximum absolute atomic E-state index is 11.0. The summed E-state index contributed by atoms with van der Waals surface area (Å²) in [6.45, 7) is 7.06. The molecule has 0 aromatic heterocycles. The number of hydrogen-bond donors (Lipinski definition) is 0. The van der Waals surface area contributed by atoms with Gasteiger partial charge in [0, 0.05) is 30.7 Å². The van der Waals surface area contributed by atoms with Gasteiger partial charge in [0.1, 0.15) is 11.6 Å². The van der Waals surface area contributed by atoms with E-state index in [2.05, 4.69) is 0 Å². The fraction of sp³-hybridized carbons (Fsp3) is 0.750. The second-order valence-corrected chi connectivity index (χ2v) is 4.84. The van der Waals surface area contributed by atoms with E-state index in [0.717, 1.165) is 12.8 Å². The number of ketones is 2. The van der Waals surface area contributed by atoms with Crippen LogP contribution in [0.3, 0.4) is 0 Å². The SMILES string of the molecule is CC(=O)CC(=O)[O-].CCC(CC)C(=O)CC(=O)[O-].CCCC[O-].[Zr+3]. The van der Waals surface area contributed by atoms with E-state index >= 15 is 0 Å². The summed E-state index contributed by atoms with van der Waals surface area (Å²) < 4.78 is 0. The van der Waals surface area contributed by atoms with Crippen LogP contribution in [0.25, 0.3) is 0 Å². The number of carboxylic acids is 2. The Balaban J connectivity index is -0.000000133. The molecule has 7 nitrogen and oxygen atoms in total. The van der Waals surface area contributed by atoms with Crippen LogP contribution in [0, 0.1) is 5.92 Å². The standard InChI is InChI=1S/C8H14O3.C4H6O3.C4H9O.Zr/c1-3-6(4-2)7(9)5-8(10)11;1-3(5)2-4(6)7;1-2-3-4-5;/h6H,3-5H2,1-2H3,(H,10,11);2H2,1H3,(H,6,7);2-4H2,1H3;/q;;-1;+3/p-2. The molecule has 0 aromatic carbocycles. The normalized spacial score (nSPS) is 8.75. The summed E-state index contributed by atoms with van der Waals surface area (Å²) in [6, 6.07) is 0. The molecule has 0 amide bonds. The number of carboxylic acid groups (broad SMARTS) is 2. The molecule has 1 radical (unpaired) electrons. The van der Waals surface area contributed by atoms with Crippen LogP contribution >= 0.6 is 0 Å². The van der Waals surface area contributed by atoms with E-state index < -0.39 is 24.8 Å². The molecule has 0 saturated carbocycles. The van der Waals surface area contributed by atoms with Crippen molar-refractivity contribution in [2.75, 3.05) is 6.61 Å². The van der Waals surface area contributed by atoms with E-state index in [1.54, 1.807) is 0 Å². The first-order valence-corrected chi connectivity index (χ1v) is 7.65. The first-order chi connectivity index (χ1) is 10.7. The van der Waals surface area contributed by atoms with Crippen LogP contribution in [0.5, 0.6) is 0 Å². The molecule has 0 spiro atoms. The zero-order chi connectivity index (χ0) is 18.8.